The SMILES string of the molecule is CCS(=O)(=O)N(CC(=O)N(Cc1ccccc1F)[C@H](Cc1ccccc1)C(=O)NCC(C)C)c1ccc2c(c1)OCCO2. The van der Waals surface area contributed by atoms with Gasteiger partial charge >= 0.3 is 0 Å². The normalized spacial score (nSPS) is 13.3. The van der Waals surface area contributed by atoms with Crippen LogP contribution in [0.1, 0.15) is 31.9 Å². The van der Waals surface area contributed by atoms with Gasteiger partial charge in [-0.15, -0.1) is 0 Å². The second-order valence-electron chi connectivity index (χ2n) is 10.7. The minimum atomic E-state index is -3.96. The molecule has 1 aliphatic rings. The molecule has 0 saturated heterocycles. The number of halogens is 1. The van der Waals surface area contributed by atoms with E-state index in [2.05, 4.69) is 5.32 Å². The number of hydrogen-bond donors (Lipinski definition) is 1. The Kier molecular flexibility index (Phi) is 10.6. The van der Waals surface area contributed by atoms with Gasteiger partial charge in [-0.25, -0.2) is 12.8 Å². The van der Waals surface area contributed by atoms with Crippen LogP contribution in [0.15, 0.2) is 72.8 Å². The summed E-state index contributed by atoms with van der Waals surface area (Å²) in [5, 5.41) is 2.91. The van der Waals surface area contributed by atoms with Crippen molar-refractivity contribution < 1.29 is 31.9 Å². The van der Waals surface area contributed by atoms with Crippen LogP contribution in [0.2, 0.25) is 0 Å². The molecule has 0 bridgehead atoms. The lowest BCUT2D eigenvalue weighted by molar-refractivity contribution is -0.140. The van der Waals surface area contributed by atoms with Crippen LogP contribution >= 0.6 is 0 Å². The average Bonchev–Trinajstić information content (AvgIpc) is 3.01. The Hall–Kier alpha value is -4.12. The summed E-state index contributed by atoms with van der Waals surface area (Å²) in [4.78, 5) is 29.2. The van der Waals surface area contributed by atoms with Crippen LogP contribution in [0.25, 0.3) is 0 Å². The van der Waals surface area contributed by atoms with Crippen molar-refractivity contribution in [2.45, 2.75) is 39.8 Å². The Morgan fingerprint density at radius 3 is 2.30 bits per heavy atom. The Morgan fingerprint density at radius 2 is 1.63 bits per heavy atom. The predicted molar refractivity (Wildman–Crippen MR) is 163 cm³/mol. The maximum absolute atomic E-state index is 14.9. The van der Waals surface area contributed by atoms with Gasteiger partial charge in [0.1, 0.15) is 31.6 Å². The molecule has 0 radical (unpaired) electrons. The number of rotatable bonds is 13. The first-order valence-electron chi connectivity index (χ1n) is 14.3. The van der Waals surface area contributed by atoms with Crippen molar-refractivity contribution in [2.24, 2.45) is 5.92 Å². The molecular formula is C32H38FN3O6S. The smallest absolute Gasteiger partial charge is 0.244 e. The van der Waals surface area contributed by atoms with Gasteiger partial charge in [0.25, 0.3) is 0 Å². The van der Waals surface area contributed by atoms with E-state index >= 15 is 0 Å². The van der Waals surface area contributed by atoms with Crippen LogP contribution in [0.3, 0.4) is 0 Å². The molecule has 3 aromatic carbocycles. The molecule has 3 aromatic rings. The number of nitrogens with zero attached hydrogens (tertiary/aromatic N) is 2. The Bertz CT molecular complexity index is 1520. The summed E-state index contributed by atoms with van der Waals surface area (Å²) < 4.78 is 53.9. The number of nitrogens with one attached hydrogen (secondary N) is 1. The summed E-state index contributed by atoms with van der Waals surface area (Å²) in [6.45, 7) is 5.60. The number of amides is 2. The summed E-state index contributed by atoms with van der Waals surface area (Å²) in [7, 11) is -3.96. The fraction of sp³-hybridized carbons (Fsp3) is 0.375. The number of carbonyl (C=O) groups is 2. The molecule has 0 fully saturated rings. The number of benzene rings is 3. The molecule has 1 aliphatic heterocycles. The summed E-state index contributed by atoms with van der Waals surface area (Å²) >= 11 is 0. The molecule has 0 saturated carbocycles. The van der Waals surface area contributed by atoms with E-state index in [1.54, 1.807) is 30.3 Å². The Labute approximate surface area is 252 Å². The van der Waals surface area contributed by atoms with E-state index in [-0.39, 0.29) is 35.9 Å². The van der Waals surface area contributed by atoms with Crippen LogP contribution in [0.4, 0.5) is 10.1 Å². The quantitative estimate of drug-likeness (QED) is 0.311. The van der Waals surface area contributed by atoms with Gasteiger partial charge in [-0.3, -0.25) is 13.9 Å². The van der Waals surface area contributed by atoms with E-state index in [0.29, 0.717) is 31.3 Å². The van der Waals surface area contributed by atoms with Crippen LogP contribution in [-0.4, -0.2) is 63.2 Å². The van der Waals surface area contributed by atoms with Crippen LogP contribution in [0.5, 0.6) is 11.5 Å². The van der Waals surface area contributed by atoms with E-state index in [1.165, 1.54) is 24.0 Å². The second-order valence-corrected chi connectivity index (χ2v) is 12.9. The lowest BCUT2D eigenvalue weighted by atomic mass is 10.0. The largest absolute Gasteiger partial charge is 0.486 e. The number of sulfonamides is 1. The van der Waals surface area contributed by atoms with Crippen molar-refractivity contribution >= 4 is 27.5 Å². The molecule has 1 atom stereocenters. The maximum atomic E-state index is 14.9. The molecule has 43 heavy (non-hydrogen) atoms. The van der Waals surface area contributed by atoms with Crippen molar-refractivity contribution in [2.75, 3.05) is 36.4 Å². The van der Waals surface area contributed by atoms with Gasteiger partial charge in [0, 0.05) is 31.1 Å². The highest BCUT2D eigenvalue weighted by atomic mass is 32.2. The molecular weight excluding hydrogens is 573 g/mol. The molecule has 11 heteroatoms. The highest BCUT2D eigenvalue weighted by Gasteiger charge is 2.34. The van der Waals surface area contributed by atoms with Crippen LogP contribution in [-0.2, 0) is 32.6 Å². The summed E-state index contributed by atoms with van der Waals surface area (Å²) in [5.41, 5.74) is 1.22. The van der Waals surface area contributed by atoms with E-state index in [4.69, 9.17) is 9.47 Å². The molecule has 1 heterocycles. The number of hydrogen-bond acceptors (Lipinski definition) is 6. The number of anilines is 1. The number of carbonyl (C=O) groups excluding carboxylic acids is 2. The summed E-state index contributed by atoms with van der Waals surface area (Å²) in [6.07, 6.45) is 0.148. The van der Waals surface area contributed by atoms with Crippen molar-refractivity contribution in [3.63, 3.8) is 0 Å². The van der Waals surface area contributed by atoms with Crippen molar-refractivity contribution in [1.29, 1.82) is 0 Å². The van der Waals surface area contributed by atoms with Crippen LogP contribution in [0, 0.1) is 11.7 Å². The second kappa shape index (κ2) is 14.4. The lowest BCUT2D eigenvalue weighted by Crippen LogP contribution is -2.54. The third kappa shape index (κ3) is 8.25. The fourth-order valence-electron chi connectivity index (χ4n) is 4.69. The third-order valence-corrected chi connectivity index (χ3v) is 8.79. The number of ether oxygens (including phenoxy) is 2. The van der Waals surface area contributed by atoms with Gasteiger partial charge < -0.3 is 19.7 Å². The molecule has 230 valence electrons. The molecule has 0 aromatic heterocycles. The molecule has 0 unspecified atom stereocenters. The molecule has 0 aliphatic carbocycles. The first-order chi connectivity index (χ1) is 20.6. The zero-order valence-corrected chi connectivity index (χ0v) is 25.5. The average molecular weight is 612 g/mol. The van der Waals surface area contributed by atoms with E-state index in [1.807, 2.05) is 44.2 Å². The highest BCUT2D eigenvalue weighted by molar-refractivity contribution is 7.92. The number of fused-ring (bicyclic) bond motifs is 1. The third-order valence-electron chi connectivity index (χ3n) is 7.05. The molecule has 1 N–H and O–H groups in total. The Morgan fingerprint density at radius 1 is 0.953 bits per heavy atom. The lowest BCUT2D eigenvalue weighted by Gasteiger charge is -2.34. The van der Waals surface area contributed by atoms with E-state index in [0.717, 1.165) is 9.87 Å². The molecule has 9 nitrogen and oxygen atoms in total. The Balaban J connectivity index is 1.75. The first-order valence-corrected chi connectivity index (χ1v) is 15.9. The van der Waals surface area contributed by atoms with E-state index in [9.17, 15) is 22.4 Å². The highest BCUT2D eigenvalue weighted by Crippen LogP contribution is 2.35. The molecule has 0 spiro atoms. The van der Waals surface area contributed by atoms with Gasteiger partial charge in [-0.2, -0.15) is 0 Å². The van der Waals surface area contributed by atoms with Crippen LogP contribution < -0.4 is 19.1 Å². The van der Waals surface area contributed by atoms with Gasteiger partial charge in [-0.1, -0.05) is 62.4 Å². The standard InChI is InChI=1S/C32H38FN3O6S/c1-4-43(39,40)36(26-14-15-29-30(19-26)42-17-16-41-29)22-31(37)35(21-25-12-8-9-13-27(25)33)28(32(38)34-20-23(2)3)18-24-10-6-5-7-11-24/h5-15,19,23,28H,4,16-18,20-22H2,1-3H3,(H,34,38)/t28-/m1/s1. The van der Waals surface area contributed by atoms with Crippen molar-refractivity contribution in [3.05, 3.63) is 89.7 Å². The fourth-order valence-corrected chi connectivity index (χ4v) is 5.75. The van der Waals surface area contributed by atoms with Gasteiger partial charge in [0.15, 0.2) is 11.5 Å². The topological polar surface area (TPSA) is 105 Å². The zero-order valence-electron chi connectivity index (χ0n) is 24.7. The van der Waals surface area contributed by atoms with Gasteiger partial charge in [0.2, 0.25) is 21.8 Å². The monoisotopic (exact) mass is 611 g/mol. The molecule has 4 rings (SSSR count). The predicted octanol–water partition coefficient (Wildman–Crippen LogP) is 4.17. The maximum Gasteiger partial charge on any atom is 0.244 e. The van der Waals surface area contributed by atoms with Gasteiger partial charge in [0.05, 0.1) is 11.4 Å². The summed E-state index contributed by atoms with van der Waals surface area (Å²) in [5.74, 6) is -0.887. The zero-order chi connectivity index (χ0) is 31.0. The first kappa shape index (κ1) is 31.8. The van der Waals surface area contributed by atoms with E-state index < -0.39 is 40.2 Å². The van der Waals surface area contributed by atoms with Crippen molar-refractivity contribution in [1.82, 2.24) is 10.2 Å². The summed E-state index contributed by atoms with van der Waals surface area (Å²) in [6, 6.07) is 18.8. The molecule has 2 amide bonds. The van der Waals surface area contributed by atoms with Gasteiger partial charge in [-0.05, 0) is 36.6 Å². The minimum Gasteiger partial charge on any atom is -0.486 e. The van der Waals surface area contributed by atoms with Crippen molar-refractivity contribution in [3.8, 4) is 11.5 Å². The minimum absolute atomic E-state index is 0.148.